The Hall–Kier alpha value is 0.440. The summed E-state index contributed by atoms with van der Waals surface area (Å²) in [5.41, 5.74) is 1.38. The fourth-order valence-corrected chi connectivity index (χ4v) is 1.58. The van der Waals surface area contributed by atoms with Gasteiger partial charge in [0, 0.05) is 9.65 Å². The van der Waals surface area contributed by atoms with Gasteiger partial charge in [0.25, 0.3) is 0 Å². The number of hydrogen-bond acceptors (Lipinski definition) is 0. The van der Waals surface area contributed by atoms with Crippen LogP contribution in [0.15, 0.2) is 23.8 Å². The summed E-state index contributed by atoms with van der Waals surface area (Å²) in [4.78, 5) is 1.03. The SMILES string of the molecule is CC(Br)C1=CCC(Br)C=C1. The van der Waals surface area contributed by atoms with E-state index in [0.717, 1.165) is 6.42 Å². The number of rotatable bonds is 1. The summed E-state index contributed by atoms with van der Waals surface area (Å²) in [6.07, 6.45) is 7.73. The first-order valence-electron chi connectivity index (χ1n) is 3.36. The van der Waals surface area contributed by atoms with E-state index >= 15 is 0 Å². The van der Waals surface area contributed by atoms with Gasteiger partial charge in [-0.3, -0.25) is 0 Å². The Morgan fingerprint density at radius 3 is 2.80 bits per heavy atom. The number of hydrogen-bond donors (Lipinski definition) is 0. The van der Waals surface area contributed by atoms with E-state index < -0.39 is 0 Å². The molecular formula is C8H10Br2. The molecular weight excluding hydrogens is 256 g/mol. The maximum absolute atomic E-state index is 3.52. The molecule has 1 rings (SSSR count). The van der Waals surface area contributed by atoms with Crippen LogP contribution in [-0.2, 0) is 0 Å². The topological polar surface area (TPSA) is 0 Å². The molecule has 0 aromatic carbocycles. The highest BCUT2D eigenvalue weighted by molar-refractivity contribution is 9.09. The molecule has 0 fully saturated rings. The van der Waals surface area contributed by atoms with Crippen LogP contribution in [0.1, 0.15) is 13.3 Å². The zero-order valence-electron chi connectivity index (χ0n) is 5.85. The second-order valence-corrected chi connectivity index (χ2v) is 4.98. The average molecular weight is 266 g/mol. The first-order chi connectivity index (χ1) is 4.70. The molecule has 0 radical (unpaired) electrons. The highest BCUT2D eigenvalue weighted by Crippen LogP contribution is 2.21. The van der Waals surface area contributed by atoms with E-state index in [1.54, 1.807) is 0 Å². The molecule has 56 valence electrons. The van der Waals surface area contributed by atoms with Crippen molar-refractivity contribution in [2.45, 2.75) is 23.0 Å². The lowest BCUT2D eigenvalue weighted by Gasteiger charge is -2.11. The Morgan fingerprint density at radius 1 is 1.70 bits per heavy atom. The van der Waals surface area contributed by atoms with Gasteiger partial charge >= 0.3 is 0 Å². The minimum atomic E-state index is 0.490. The molecule has 0 heterocycles. The van der Waals surface area contributed by atoms with Gasteiger partial charge in [-0.15, -0.1) is 0 Å². The van der Waals surface area contributed by atoms with E-state index in [2.05, 4.69) is 57.0 Å². The number of halogens is 2. The summed E-state index contributed by atoms with van der Waals surface area (Å²) in [6, 6.07) is 0. The standard InChI is InChI=1S/C8H10Br2/c1-6(9)7-2-4-8(10)5-3-7/h2-4,6,8H,5H2,1H3. The Balaban J connectivity index is 2.59. The summed E-state index contributed by atoms with van der Waals surface area (Å²) in [5.74, 6) is 0. The average Bonchev–Trinajstić information content (AvgIpc) is 1.88. The van der Waals surface area contributed by atoms with E-state index in [9.17, 15) is 0 Å². The lowest BCUT2D eigenvalue weighted by Crippen LogP contribution is -2.01. The van der Waals surface area contributed by atoms with Crippen LogP contribution in [0, 0.1) is 0 Å². The van der Waals surface area contributed by atoms with Crippen molar-refractivity contribution in [1.29, 1.82) is 0 Å². The second-order valence-electron chi connectivity index (χ2n) is 2.43. The monoisotopic (exact) mass is 264 g/mol. The minimum Gasteiger partial charge on any atom is -0.0842 e. The maximum Gasteiger partial charge on any atom is 0.0363 e. The van der Waals surface area contributed by atoms with Gasteiger partial charge in [0.05, 0.1) is 0 Å². The van der Waals surface area contributed by atoms with Crippen molar-refractivity contribution in [3.8, 4) is 0 Å². The Labute approximate surface area is 78.6 Å². The molecule has 2 atom stereocenters. The Morgan fingerprint density at radius 2 is 2.40 bits per heavy atom. The van der Waals surface area contributed by atoms with Crippen LogP contribution < -0.4 is 0 Å². The molecule has 0 N–H and O–H groups in total. The van der Waals surface area contributed by atoms with Crippen molar-refractivity contribution in [3.63, 3.8) is 0 Å². The lowest BCUT2D eigenvalue weighted by molar-refractivity contribution is 1.02. The van der Waals surface area contributed by atoms with Crippen LogP contribution in [-0.4, -0.2) is 9.65 Å². The van der Waals surface area contributed by atoms with E-state index in [-0.39, 0.29) is 0 Å². The molecule has 0 saturated heterocycles. The summed E-state index contributed by atoms with van der Waals surface area (Å²) in [6.45, 7) is 2.14. The molecule has 1 aliphatic carbocycles. The van der Waals surface area contributed by atoms with Crippen LogP contribution in [0.3, 0.4) is 0 Å². The van der Waals surface area contributed by atoms with Gasteiger partial charge in [-0.1, -0.05) is 50.1 Å². The summed E-state index contributed by atoms with van der Waals surface area (Å²) >= 11 is 7.04. The van der Waals surface area contributed by atoms with Gasteiger partial charge in [-0.05, 0) is 18.9 Å². The Bertz CT molecular complexity index is 168. The van der Waals surface area contributed by atoms with E-state index in [1.807, 2.05) is 0 Å². The molecule has 0 saturated carbocycles. The molecule has 0 amide bonds. The molecule has 0 bridgehead atoms. The molecule has 0 aromatic heterocycles. The van der Waals surface area contributed by atoms with Gasteiger partial charge in [-0.25, -0.2) is 0 Å². The zero-order valence-corrected chi connectivity index (χ0v) is 9.02. The normalized spacial score (nSPS) is 27.9. The number of allylic oxidation sites excluding steroid dienone is 4. The second kappa shape index (κ2) is 3.72. The van der Waals surface area contributed by atoms with E-state index in [1.165, 1.54) is 5.57 Å². The molecule has 1 aliphatic rings. The quantitative estimate of drug-likeness (QED) is 0.638. The summed E-state index contributed by atoms with van der Waals surface area (Å²) in [5, 5.41) is 0. The number of alkyl halides is 2. The van der Waals surface area contributed by atoms with Crippen LogP contribution in [0.25, 0.3) is 0 Å². The van der Waals surface area contributed by atoms with Crippen LogP contribution in [0.5, 0.6) is 0 Å². The summed E-state index contributed by atoms with van der Waals surface area (Å²) in [7, 11) is 0. The van der Waals surface area contributed by atoms with Crippen molar-refractivity contribution < 1.29 is 0 Å². The largest absolute Gasteiger partial charge is 0.0842 e. The molecule has 0 aromatic rings. The molecule has 2 unspecified atom stereocenters. The predicted molar refractivity (Wildman–Crippen MR) is 52.9 cm³/mol. The third-order valence-corrected chi connectivity index (χ3v) is 2.74. The highest BCUT2D eigenvalue weighted by Gasteiger charge is 2.07. The first kappa shape index (κ1) is 8.54. The molecule has 2 heteroatoms. The van der Waals surface area contributed by atoms with Gasteiger partial charge in [0.1, 0.15) is 0 Å². The van der Waals surface area contributed by atoms with E-state index in [4.69, 9.17) is 0 Å². The zero-order chi connectivity index (χ0) is 7.56. The van der Waals surface area contributed by atoms with Crippen molar-refractivity contribution >= 4 is 31.9 Å². The lowest BCUT2D eigenvalue weighted by atomic mass is 10.1. The fourth-order valence-electron chi connectivity index (χ4n) is 0.906. The minimum absolute atomic E-state index is 0.490. The summed E-state index contributed by atoms with van der Waals surface area (Å²) < 4.78 is 0. The smallest absolute Gasteiger partial charge is 0.0363 e. The first-order valence-corrected chi connectivity index (χ1v) is 5.19. The van der Waals surface area contributed by atoms with Crippen molar-refractivity contribution in [2.75, 3.05) is 0 Å². The van der Waals surface area contributed by atoms with Crippen LogP contribution in [0.2, 0.25) is 0 Å². The Kier molecular flexibility index (Phi) is 3.18. The molecule has 10 heavy (non-hydrogen) atoms. The van der Waals surface area contributed by atoms with E-state index in [0.29, 0.717) is 9.65 Å². The van der Waals surface area contributed by atoms with Crippen molar-refractivity contribution in [1.82, 2.24) is 0 Å². The fraction of sp³-hybridized carbons (Fsp3) is 0.500. The van der Waals surface area contributed by atoms with Crippen LogP contribution in [0.4, 0.5) is 0 Å². The molecule has 0 nitrogen and oxygen atoms in total. The van der Waals surface area contributed by atoms with Gasteiger partial charge in [0.15, 0.2) is 0 Å². The van der Waals surface area contributed by atoms with Gasteiger partial charge in [0.2, 0.25) is 0 Å². The molecule has 0 aliphatic heterocycles. The van der Waals surface area contributed by atoms with Gasteiger partial charge in [-0.2, -0.15) is 0 Å². The van der Waals surface area contributed by atoms with Crippen LogP contribution >= 0.6 is 31.9 Å². The van der Waals surface area contributed by atoms with Crippen molar-refractivity contribution in [2.24, 2.45) is 0 Å². The third kappa shape index (κ3) is 2.24. The van der Waals surface area contributed by atoms with Gasteiger partial charge < -0.3 is 0 Å². The third-order valence-electron chi connectivity index (χ3n) is 1.54. The predicted octanol–water partition coefficient (Wildman–Crippen LogP) is 3.42. The maximum atomic E-state index is 3.52. The molecule has 0 spiro atoms. The van der Waals surface area contributed by atoms with Crippen molar-refractivity contribution in [3.05, 3.63) is 23.8 Å². The highest BCUT2D eigenvalue weighted by atomic mass is 79.9.